The van der Waals surface area contributed by atoms with Crippen LogP contribution in [0, 0.1) is 0 Å². The average Bonchev–Trinajstić information content (AvgIpc) is 2.90. The lowest BCUT2D eigenvalue weighted by molar-refractivity contribution is 0.0376. The van der Waals surface area contributed by atoms with E-state index in [0.717, 1.165) is 52.4 Å². The first kappa shape index (κ1) is 15.9. The fraction of sp³-hybridized carbons (Fsp3) is 0.929. The SMILES string of the molecule is CC1(CN=C(N)NCCCN2CCOCC2)CCCS1. The highest BCUT2D eigenvalue weighted by Crippen LogP contribution is 2.37. The van der Waals surface area contributed by atoms with Gasteiger partial charge in [-0.25, -0.2) is 0 Å². The number of thioether (sulfide) groups is 1. The molecule has 116 valence electrons. The highest BCUT2D eigenvalue weighted by atomic mass is 32.2. The predicted molar refractivity (Wildman–Crippen MR) is 86.5 cm³/mol. The fourth-order valence-corrected chi connectivity index (χ4v) is 3.84. The third kappa shape index (κ3) is 5.50. The lowest BCUT2D eigenvalue weighted by Gasteiger charge is -2.26. The van der Waals surface area contributed by atoms with Crippen LogP contribution < -0.4 is 11.1 Å². The molecule has 0 bridgehead atoms. The standard InChI is InChI=1S/C14H28N4OS/c1-14(4-2-11-20-14)12-17-13(15)16-5-3-6-18-7-9-19-10-8-18/h2-12H2,1H3,(H3,15,16,17). The van der Waals surface area contributed by atoms with Crippen molar-refractivity contribution in [2.75, 3.05) is 51.7 Å². The van der Waals surface area contributed by atoms with E-state index >= 15 is 0 Å². The van der Waals surface area contributed by atoms with E-state index in [2.05, 4.69) is 22.1 Å². The summed E-state index contributed by atoms with van der Waals surface area (Å²) in [5.74, 6) is 1.86. The van der Waals surface area contributed by atoms with Crippen molar-refractivity contribution < 1.29 is 4.74 Å². The number of morpholine rings is 1. The first-order chi connectivity index (χ1) is 9.68. The second-order valence-electron chi connectivity index (χ2n) is 5.84. The van der Waals surface area contributed by atoms with Gasteiger partial charge in [-0.3, -0.25) is 9.89 Å². The molecule has 5 nitrogen and oxygen atoms in total. The van der Waals surface area contributed by atoms with E-state index in [-0.39, 0.29) is 0 Å². The number of rotatable bonds is 6. The van der Waals surface area contributed by atoms with Crippen molar-refractivity contribution in [1.82, 2.24) is 10.2 Å². The molecule has 0 saturated carbocycles. The molecule has 2 heterocycles. The molecule has 0 radical (unpaired) electrons. The van der Waals surface area contributed by atoms with Gasteiger partial charge in [-0.05, 0) is 38.5 Å². The molecule has 0 aliphatic carbocycles. The quantitative estimate of drug-likeness (QED) is 0.433. The van der Waals surface area contributed by atoms with Crippen molar-refractivity contribution in [1.29, 1.82) is 0 Å². The minimum atomic E-state index is 0.306. The lowest BCUT2D eigenvalue weighted by atomic mass is 10.1. The Morgan fingerprint density at radius 1 is 1.45 bits per heavy atom. The van der Waals surface area contributed by atoms with E-state index in [4.69, 9.17) is 10.5 Å². The highest BCUT2D eigenvalue weighted by molar-refractivity contribution is 8.00. The van der Waals surface area contributed by atoms with Gasteiger partial charge in [0.15, 0.2) is 5.96 Å². The highest BCUT2D eigenvalue weighted by Gasteiger charge is 2.28. The zero-order valence-electron chi connectivity index (χ0n) is 12.6. The number of nitrogens with two attached hydrogens (primary N) is 1. The second-order valence-corrected chi connectivity index (χ2v) is 7.52. The minimum Gasteiger partial charge on any atom is -0.379 e. The summed E-state index contributed by atoms with van der Waals surface area (Å²) in [4.78, 5) is 6.93. The van der Waals surface area contributed by atoms with Gasteiger partial charge >= 0.3 is 0 Å². The smallest absolute Gasteiger partial charge is 0.188 e. The van der Waals surface area contributed by atoms with Crippen LogP contribution in [0.2, 0.25) is 0 Å². The number of nitrogens with one attached hydrogen (secondary N) is 1. The first-order valence-electron chi connectivity index (χ1n) is 7.66. The fourth-order valence-electron chi connectivity index (χ4n) is 2.61. The van der Waals surface area contributed by atoms with E-state index in [1.807, 2.05) is 11.8 Å². The summed E-state index contributed by atoms with van der Waals surface area (Å²) in [6.45, 7) is 8.98. The second kappa shape index (κ2) is 8.10. The van der Waals surface area contributed by atoms with Gasteiger partial charge in [-0.2, -0.15) is 11.8 Å². The number of aliphatic imine (C=N–C) groups is 1. The molecule has 2 aliphatic heterocycles. The van der Waals surface area contributed by atoms with Crippen molar-refractivity contribution in [3.05, 3.63) is 0 Å². The normalized spacial score (nSPS) is 28.8. The number of guanidine groups is 1. The van der Waals surface area contributed by atoms with Crippen LogP contribution in [0.25, 0.3) is 0 Å². The maximum absolute atomic E-state index is 5.93. The Bertz CT molecular complexity index is 312. The van der Waals surface area contributed by atoms with E-state index < -0.39 is 0 Å². The predicted octanol–water partition coefficient (Wildman–Crippen LogP) is 0.899. The van der Waals surface area contributed by atoms with Crippen LogP contribution in [0.1, 0.15) is 26.2 Å². The van der Waals surface area contributed by atoms with Crippen LogP contribution in [0.15, 0.2) is 4.99 Å². The van der Waals surface area contributed by atoms with E-state index in [1.165, 1.54) is 18.6 Å². The van der Waals surface area contributed by atoms with Crippen molar-refractivity contribution in [2.45, 2.75) is 30.9 Å². The van der Waals surface area contributed by atoms with Crippen molar-refractivity contribution in [2.24, 2.45) is 10.7 Å². The number of ether oxygens (including phenoxy) is 1. The van der Waals surface area contributed by atoms with Crippen LogP contribution in [-0.4, -0.2) is 67.3 Å². The van der Waals surface area contributed by atoms with Crippen molar-refractivity contribution >= 4 is 17.7 Å². The van der Waals surface area contributed by atoms with Crippen LogP contribution >= 0.6 is 11.8 Å². The summed E-state index contributed by atoms with van der Waals surface area (Å²) in [7, 11) is 0. The molecule has 0 amide bonds. The van der Waals surface area contributed by atoms with Gasteiger partial charge in [0.2, 0.25) is 0 Å². The Balaban J connectivity index is 1.56. The molecule has 1 atom stereocenters. The van der Waals surface area contributed by atoms with Gasteiger partial charge in [0.25, 0.3) is 0 Å². The molecule has 0 spiro atoms. The minimum absolute atomic E-state index is 0.306. The van der Waals surface area contributed by atoms with E-state index in [9.17, 15) is 0 Å². The van der Waals surface area contributed by atoms with Gasteiger partial charge in [0, 0.05) is 24.4 Å². The zero-order valence-corrected chi connectivity index (χ0v) is 13.4. The lowest BCUT2D eigenvalue weighted by Crippen LogP contribution is -2.39. The van der Waals surface area contributed by atoms with Crippen LogP contribution in [0.4, 0.5) is 0 Å². The third-order valence-corrected chi connectivity index (χ3v) is 5.47. The molecule has 3 N–H and O–H groups in total. The Morgan fingerprint density at radius 3 is 2.95 bits per heavy atom. The van der Waals surface area contributed by atoms with Crippen LogP contribution in [-0.2, 0) is 4.74 Å². The Hall–Kier alpha value is -0.460. The van der Waals surface area contributed by atoms with Crippen molar-refractivity contribution in [3.8, 4) is 0 Å². The van der Waals surface area contributed by atoms with Gasteiger partial charge in [0.05, 0.1) is 19.8 Å². The topological polar surface area (TPSA) is 62.9 Å². The van der Waals surface area contributed by atoms with Crippen LogP contribution in [0.3, 0.4) is 0 Å². The van der Waals surface area contributed by atoms with Gasteiger partial charge in [0.1, 0.15) is 0 Å². The summed E-state index contributed by atoms with van der Waals surface area (Å²) in [6, 6.07) is 0. The van der Waals surface area contributed by atoms with Crippen molar-refractivity contribution in [3.63, 3.8) is 0 Å². The number of hydrogen-bond donors (Lipinski definition) is 2. The summed E-state index contributed by atoms with van der Waals surface area (Å²) >= 11 is 2.02. The molecule has 2 aliphatic rings. The summed E-state index contributed by atoms with van der Waals surface area (Å²) < 4.78 is 5.64. The molecular formula is C14H28N4OS. The van der Waals surface area contributed by atoms with Gasteiger partial charge in [-0.1, -0.05) is 0 Å². The van der Waals surface area contributed by atoms with E-state index in [0.29, 0.717) is 10.7 Å². The van der Waals surface area contributed by atoms with Gasteiger partial charge in [-0.15, -0.1) is 0 Å². The molecule has 0 aromatic carbocycles. The maximum Gasteiger partial charge on any atom is 0.188 e. The number of hydrogen-bond acceptors (Lipinski definition) is 4. The zero-order chi connectivity index (χ0) is 14.3. The first-order valence-corrected chi connectivity index (χ1v) is 8.64. The molecule has 2 rings (SSSR count). The van der Waals surface area contributed by atoms with E-state index in [1.54, 1.807) is 0 Å². The largest absolute Gasteiger partial charge is 0.379 e. The molecule has 6 heteroatoms. The summed E-state index contributed by atoms with van der Waals surface area (Å²) in [6.07, 6.45) is 3.66. The maximum atomic E-state index is 5.93. The Labute approximate surface area is 126 Å². The molecular weight excluding hydrogens is 272 g/mol. The van der Waals surface area contributed by atoms with Gasteiger partial charge < -0.3 is 15.8 Å². The molecule has 0 aromatic rings. The molecule has 20 heavy (non-hydrogen) atoms. The molecule has 2 fully saturated rings. The monoisotopic (exact) mass is 300 g/mol. The third-order valence-electron chi connectivity index (χ3n) is 3.95. The average molecular weight is 300 g/mol. The molecule has 2 saturated heterocycles. The molecule has 0 aromatic heterocycles. The van der Waals surface area contributed by atoms with Crippen LogP contribution in [0.5, 0.6) is 0 Å². The Morgan fingerprint density at radius 2 is 2.25 bits per heavy atom. The molecule has 1 unspecified atom stereocenters. The summed E-state index contributed by atoms with van der Waals surface area (Å²) in [5.41, 5.74) is 5.93. The summed E-state index contributed by atoms with van der Waals surface area (Å²) in [5, 5.41) is 3.22. The Kier molecular flexibility index (Phi) is 6.45. The number of nitrogens with zero attached hydrogens (tertiary/aromatic N) is 2.